The van der Waals surface area contributed by atoms with Gasteiger partial charge in [0.2, 0.25) is 5.91 Å². The van der Waals surface area contributed by atoms with Gasteiger partial charge in [-0.15, -0.1) is 0 Å². The van der Waals surface area contributed by atoms with Gasteiger partial charge in [-0.3, -0.25) is 4.79 Å². The summed E-state index contributed by atoms with van der Waals surface area (Å²) in [5.41, 5.74) is 5.12. The lowest BCUT2D eigenvalue weighted by molar-refractivity contribution is -0.117. The van der Waals surface area contributed by atoms with E-state index in [2.05, 4.69) is 12.2 Å². The third-order valence-electron chi connectivity index (χ3n) is 3.20. The minimum absolute atomic E-state index is 0.251. The molecule has 3 N–H and O–H groups in total. The van der Waals surface area contributed by atoms with Gasteiger partial charge in [0.05, 0.1) is 6.54 Å². The standard InChI is InChI=1S/C11H22N2O/c1-2-10(13-8-11(12)14)9-6-4-3-5-7-9/h9-10,13H,2-8H2,1H3,(H2,12,14). The van der Waals surface area contributed by atoms with Crippen molar-refractivity contribution in [3.8, 4) is 0 Å². The van der Waals surface area contributed by atoms with Crippen LogP contribution in [0.15, 0.2) is 0 Å². The van der Waals surface area contributed by atoms with E-state index in [0.29, 0.717) is 12.6 Å². The highest BCUT2D eigenvalue weighted by atomic mass is 16.1. The summed E-state index contributed by atoms with van der Waals surface area (Å²) in [6.45, 7) is 2.50. The van der Waals surface area contributed by atoms with Gasteiger partial charge in [-0.2, -0.15) is 0 Å². The summed E-state index contributed by atoms with van der Waals surface area (Å²) in [7, 11) is 0. The van der Waals surface area contributed by atoms with Crippen molar-refractivity contribution in [1.29, 1.82) is 0 Å². The highest BCUT2D eigenvalue weighted by Crippen LogP contribution is 2.27. The van der Waals surface area contributed by atoms with Crippen molar-refractivity contribution in [2.45, 2.75) is 51.5 Å². The molecule has 1 rings (SSSR count). The number of primary amides is 1. The molecular formula is C11H22N2O. The molecule has 82 valence electrons. The Morgan fingerprint density at radius 3 is 2.57 bits per heavy atom. The molecule has 1 fully saturated rings. The smallest absolute Gasteiger partial charge is 0.231 e. The molecule has 0 aliphatic heterocycles. The molecule has 3 nitrogen and oxygen atoms in total. The number of nitrogens with one attached hydrogen (secondary N) is 1. The van der Waals surface area contributed by atoms with Gasteiger partial charge in [-0.1, -0.05) is 26.2 Å². The Hall–Kier alpha value is -0.570. The third-order valence-corrected chi connectivity index (χ3v) is 3.20. The molecule has 1 aliphatic carbocycles. The number of carbonyl (C=O) groups excluding carboxylic acids is 1. The highest BCUT2D eigenvalue weighted by Gasteiger charge is 2.21. The molecule has 1 aliphatic rings. The second-order valence-electron chi connectivity index (χ2n) is 4.26. The van der Waals surface area contributed by atoms with E-state index in [-0.39, 0.29) is 5.91 Å². The fourth-order valence-corrected chi connectivity index (χ4v) is 2.41. The first-order chi connectivity index (χ1) is 6.74. The number of amides is 1. The normalized spacial score (nSPS) is 20.6. The maximum absolute atomic E-state index is 10.7. The van der Waals surface area contributed by atoms with Crippen LogP contribution in [-0.4, -0.2) is 18.5 Å². The number of hydrogen-bond acceptors (Lipinski definition) is 2. The summed E-state index contributed by atoms with van der Waals surface area (Å²) >= 11 is 0. The van der Waals surface area contributed by atoms with Crippen LogP contribution >= 0.6 is 0 Å². The Kier molecular flexibility index (Phi) is 4.94. The fourth-order valence-electron chi connectivity index (χ4n) is 2.41. The van der Waals surface area contributed by atoms with Crippen LogP contribution in [0.3, 0.4) is 0 Å². The van der Waals surface area contributed by atoms with Gasteiger partial charge in [0.15, 0.2) is 0 Å². The molecule has 1 atom stereocenters. The van der Waals surface area contributed by atoms with Gasteiger partial charge in [-0.25, -0.2) is 0 Å². The van der Waals surface area contributed by atoms with Crippen molar-refractivity contribution in [3.63, 3.8) is 0 Å². The topological polar surface area (TPSA) is 55.1 Å². The first-order valence-electron chi connectivity index (χ1n) is 5.75. The van der Waals surface area contributed by atoms with Crippen LogP contribution in [0, 0.1) is 5.92 Å². The molecule has 0 aromatic rings. The summed E-state index contributed by atoms with van der Waals surface area (Å²) < 4.78 is 0. The van der Waals surface area contributed by atoms with E-state index in [4.69, 9.17) is 5.73 Å². The van der Waals surface area contributed by atoms with Crippen molar-refractivity contribution in [1.82, 2.24) is 5.32 Å². The van der Waals surface area contributed by atoms with E-state index in [1.165, 1.54) is 32.1 Å². The summed E-state index contributed by atoms with van der Waals surface area (Å²) in [6, 6.07) is 0.489. The average Bonchev–Trinajstić information content (AvgIpc) is 2.20. The zero-order valence-electron chi connectivity index (χ0n) is 9.09. The minimum Gasteiger partial charge on any atom is -0.369 e. The molecule has 0 aromatic carbocycles. The molecule has 1 unspecified atom stereocenters. The Morgan fingerprint density at radius 2 is 2.07 bits per heavy atom. The molecule has 1 amide bonds. The van der Waals surface area contributed by atoms with Gasteiger partial charge >= 0.3 is 0 Å². The first-order valence-corrected chi connectivity index (χ1v) is 5.75. The monoisotopic (exact) mass is 198 g/mol. The number of nitrogens with two attached hydrogens (primary N) is 1. The Balaban J connectivity index is 2.31. The zero-order chi connectivity index (χ0) is 10.4. The van der Waals surface area contributed by atoms with Gasteiger partial charge in [-0.05, 0) is 25.2 Å². The van der Waals surface area contributed by atoms with Crippen LogP contribution in [0.5, 0.6) is 0 Å². The molecule has 0 spiro atoms. The van der Waals surface area contributed by atoms with Gasteiger partial charge in [0, 0.05) is 6.04 Å². The van der Waals surface area contributed by atoms with E-state index < -0.39 is 0 Å². The van der Waals surface area contributed by atoms with Crippen LogP contribution in [0.1, 0.15) is 45.4 Å². The molecule has 0 radical (unpaired) electrons. The van der Waals surface area contributed by atoms with E-state index >= 15 is 0 Å². The summed E-state index contributed by atoms with van der Waals surface area (Å²) in [4.78, 5) is 10.7. The second-order valence-corrected chi connectivity index (χ2v) is 4.26. The SMILES string of the molecule is CCC(NCC(N)=O)C1CCCCC1. The Morgan fingerprint density at radius 1 is 1.43 bits per heavy atom. The van der Waals surface area contributed by atoms with Crippen LogP contribution in [0.2, 0.25) is 0 Å². The predicted molar refractivity (Wildman–Crippen MR) is 57.9 cm³/mol. The average molecular weight is 198 g/mol. The maximum Gasteiger partial charge on any atom is 0.231 e. The van der Waals surface area contributed by atoms with E-state index in [9.17, 15) is 4.79 Å². The summed E-state index contributed by atoms with van der Waals surface area (Å²) in [6.07, 6.45) is 7.79. The van der Waals surface area contributed by atoms with Gasteiger partial charge in [0.1, 0.15) is 0 Å². The molecule has 3 heteroatoms. The molecular weight excluding hydrogens is 176 g/mol. The van der Waals surface area contributed by atoms with Crippen LogP contribution in [0.4, 0.5) is 0 Å². The molecule has 14 heavy (non-hydrogen) atoms. The summed E-state index contributed by atoms with van der Waals surface area (Å²) in [5, 5.41) is 3.26. The number of hydrogen-bond donors (Lipinski definition) is 2. The predicted octanol–water partition coefficient (Wildman–Crippen LogP) is 1.42. The summed E-state index contributed by atoms with van der Waals surface area (Å²) in [5.74, 6) is 0.507. The van der Waals surface area contributed by atoms with Crippen molar-refractivity contribution in [2.75, 3.05) is 6.54 Å². The van der Waals surface area contributed by atoms with Gasteiger partial charge in [0.25, 0.3) is 0 Å². The number of rotatable bonds is 5. The van der Waals surface area contributed by atoms with Crippen molar-refractivity contribution < 1.29 is 4.79 Å². The van der Waals surface area contributed by atoms with Crippen LogP contribution in [-0.2, 0) is 4.79 Å². The lowest BCUT2D eigenvalue weighted by atomic mass is 9.83. The maximum atomic E-state index is 10.7. The Labute approximate surface area is 86.4 Å². The lowest BCUT2D eigenvalue weighted by Gasteiger charge is -2.30. The third kappa shape index (κ3) is 3.66. The van der Waals surface area contributed by atoms with Crippen molar-refractivity contribution in [3.05, 3.63) is 0 Å². The zero-order valence-corrected chi connectivity index (χ0v) is 9.09. The van der Waals surface area contributed by atoms with E-state index in [1.54, 1.807) is 0 Å². The molecule has 0 heterocycles. The van der Waals surface area contributed by atoms with Crippen LogP contribution < -0.4 is 11.1 Å². The quantitative estimate of drug-likeness (QED) is 0.702. The van der Waals surface area contributed by atoms with E-state index in [0.717, 1.165) is 12.3 Å². The second kappa shape index (κ2) is 6.02. The van der Waals surface area contributed by atoms with Crippen LogP contribution in [0.25, 0.3) is 0 Å². The minimum atomic E-state index is -0.251. The molecule has 0 bridgehead atoms. The first kappa shape index (κ1) is 11.5. The molecule has 1 saturated carbocycles. The van der Waals surface area contributed by atoms with Gasteiger partial charge < -0.3 is 11.1 Å². The largest absolute Gasteiger partial charge is 0.369 e. The fraction of sp³-hybridized carbons (Fsp3) is 0.909. The molecule has 0 aromatic heterocycles. The van der Waals surface area contributed by atoms with E-state index in [1.807, 2.05) is 0 Å². The van der Waals surface area contributed by atoms with Crippen molar-refractivity contribution >= 4 is 5.91 Å². The Bertz CT molecular complexity index is 176. The highest BCUT2D eigenvalue weighted by molar-refractivity contribution is 5.75. The number of carbonyl (C=O) groups is 1. The van der Waals surface area contributed by atoms with Crippen molar-refractivity contribution in [2.24, 2.45) is 11.7 Å². The lowest BCUT2D eigenvalue weighted by Crippen LogP contribution is -2.41. The molecule has 0 saturated heterocycles.